The molecule has 2 N–H and O–H groups in total. The van der Waals surface area contributed by atoms with Crippen molar-refractivity contribution in [1.29, 1.82) is 0 Å². The molecule has 4 heteroatoms. The lowest BCUT2D eigenvalue weighted by Gasteiger charge is -2.20. The van der Waals surface area contributed by atoms with E-state index < -0.39 is 5.60 Å². The van der Waals surface area contributed by atoms with E-state index in [0.29, 0.717) is 6.54 Å². The average molecular weight is 229 g/mol. The maximum Gasteiger partial charge on any atom is 0.407 e. The molecule has 0 bridgehead atoms. The Balaban J connectivity index is 2.05. The van der Waals surface area contributed by atoms with Gasteiger partial charge in [-0.3, -0.25) is 0 Å². The van der Waals surface area contributed by atoms with Crippen LogP contribution in [0.4, 0.5) is 4.79 Å². The van der Waals surface area contributed by atoms with E-state index in [1.807, 2.05) is 20.8 Å². The van der Waals surface area contributed by atoms with E-state index in [1.165, 1.54) is 0 Å². The molecule has 1 aliphatic rings. The molecule has 0 unspecified atom stereocenters. The van der Waals surface area contributed by atoms with Crippen molar-refractivity contribution >= 4 is 6.09 Å². The second-order valence-electron chi connectivity index (χ2n) is 5.69. The van der Waals surface area contributed by atoms with Crippen molar-refractivity contribution < 1.29 is 14.6 Å². The molecule has 0 saturated heterocycles. The highest BCUT2D eigenvalue weighted by molar-refractivity contribution is 5.67. The van der Waals surface area contributed by atoms with E-state index in [0.717, 1.165) is 25.7 Å². The van der Waals surface area contributed by atoms with Crippen molar-refractivity contribution in [3.8, 4) is 0 Å². The fourth-order valence-corrected chi connectivity index (χ4v) is 1.63. The maximum atomic E-state index is 11.3. The predicted molar refractivity (Wildman–Crippen MR) is 62.2 cm³/mol. The zero-order valence-electron chi connectivity index (χ0n) is 10.5. The number of hydrogen-bond acceptors (Lipinski definition) is 3. The average Bonchev–Trinajstić information content (AvgIpc) is 2.90. The normalized spacial score (nSPS) is 18.0. The largest absolute Gasteiger partial charge is 0.444 e. The van der Waals surface area contributed by atoms with E-state index in [2.05, 4.69) is 5.32 Å². The first-order valence-electron chi connectivity index (χ1n) is 5.95. The molecule has 1 fully saturated rings. The van der Waals surface area contributed by atoms with Gasteiger partial charge in [-0.05, 0) is 51.9 Å². The lowest BCUT2D eigenvalue weighted by Crippen LogP contribution is -2.33. The molecule has 1 saturated carbocycles. The molecular weight excluding hydrogens is 206 g/mol. The SMILES string of the molecule is CC(C)(C)OC(=O)NCCCC1(CO)CC1. The van der Waals surface area contributed by atoms with Gasteiger partial charge in [-0.25, -0.2) is 4.79 Å². The van der Waals surface area contributed by atoms with Gasteiger partial charge in [0.2, 0.25) is 0 Å². The number of carbonyl (C=O) groups excluding carboxylic acids is 1. The Labute approximate surface area is 97.4 Å². The molecule has 0 atom stereocenters. The smallest absolute Gasteiger partial charge is 0.407 e. The highest BCUT2D eigenvalue weighted by atomic mass is 16.6. The Kier molecular flexibility index (Phi) is 4.19. The number of hydrogen-bond donors (Lipinski definition) is 2. The number of aliphatic hydroxyl groups is 1. The van der Waals surface area contributed by atoms with E-state index in [-0.39, 0.29) is 18.1 Å². The summed E-state index contributed by atoms with van der Waals surface area (Å²) in [6, 6.07) is 0. The summed E-state index contributed by atoms with van der Waals surface area (Å²) in [4.78, 5) is 11.3. The summed E-state index contributed by atoms with van der Waals surface area (Å²) in [5.74, 6) is 0. The maximum absolute atomic E-state index is 11.3. The Bertz CT molecular complexity index is 241. The summed E-state index contributed by atoms with van der Waals surface area (Å²) >= 11 is 0. The third kappa shape index (κ3) is 4.84. The first-order valence-corrected chi connectivity index (χ1v) is 5.95. The van der Waals surface area contributed by atoms with Crippen LogP contribution in [0.3, 0.4) is 0 Å². The standard InChI is InChI=1S/C12H23NO3/c1-11(2,3)16-10(15)13-8-4-5-12(9-14)6-7-12/h14H,4-9H2,1-3H3,(H,13,15). The van der Waals surface area contributed by atoms with Gasteiger partial charge in [0.05, 0.1) is 0 Å². The summed E-state index contributed by atoms with van der Waals surface area (Å²) in [6.45, 7) is 6.43. The number of rotatable bonds is 5. The summed E-state index contributed by atoms with van der Waals surface area (Å²) in [7, 11) is 0. The van der Waals surface area contributed by atoms with Gasteiger partial charge in [0, 0.05) is 13.2 Å². The number of carbonyl (C=O) groups is 1. The molecule has 0 aliphatic heterocycles. The van der Waals surface area contributed by atoms with Crippen molar-refractivity contribution in [2.45, 2.75) is 52.1 Å². The molecule has 0 aromatic rings. The number of nitrogens with one attached hydrogen (secondary N) is 1. The molecule has 4 nitrogen and oxygen atoms in total. The van der Waals surface area contributed by atoms with Crippen molar-refractivity contribution in [2.24, 2.45) is 5.41 Å². The summed E-state index contributed by atoms with van der Waals surface area (Å²) in [5.41, 5.74) is -0.261. The third-order valence-corrected chi connectivity index (χ3v) is 2.84. The van der Waals surface area contributed by atoms with Crippen molar-refractivity contribution in [1.82, 2.24) is 5.32 Å². The van der Waals surface area contributed by atoms with Crippen molar-refractivity contribution in [3.05, 3.63) is 0 Å². The fraction of sp³-hybridized carbons (Fsp3) is 0.917. The van der Waals surface area contributed by atoms with Crippen LogP contribution in [-0.4, -0.2) is 30.0 Å². The molecule has 0 aromatic carbocycles. The van der Waals surface area contributed by atoms with Gasteiger partial charge in [0.15, 0.2) is 0 Å². The molecule has 1 rings (SSSR count). The monoisotopic (exact) mass is 229 g/mol. The van der Waals surface area contributed by atoms with Crippen LogP contribution >= 0.6 is 0 Å². The number of aliphatic hydroxyl groups excluding tert-OH is 1. The van der Waals surface area contributed by atoms with Crippen LogP contribution in [0.2, 0.25) is 0 Å². The molecule has 1 amide bonds. The molecule has 0 radical (unpaired) electrons. The van der Waals surface area contributed by atoms with Gasteiger partial charge in [-0.15, -0.1) is 0 Å². The van der Waals surface area contributed by atoms with Crippen LogP contribution in [0.5, 0.6) is 0 Å². The fourth-order valence-electron chi connectivity index (χ4n) is 1.63. The van der Waals surface area contributed by atoms with Gasteiger partial charge in [-0.2, -0.15) is 0 Å². The molecule has 0 heterocycles. The quantitative estimate of drug-likeness (QED) is 0.709. The van der Waals surface area contributed by atoms with Crippen LogP contribution in [0, 0.1) is 5.41 Å². The van der Waals surface area contributed by atoms with E-state index in [4.69, 9.17) is 9.84 Å². The minimum atomic E-state index is -0.438. The Morgan fingerprint density at radius 2 is 2.06 bits per heavy atom. The second-order valence-corrected chi connectivity index (χ2v) is 5.69. The number of ether oxygens (including phenoxy) is 1. The Morgan fingerprint density at radius 1 is 1.44 bits per heavy atom. The number of amides is 1. The van der Waals surface area contributed by atoms with E-state index in [9.17, 15) is 4.79 Å². The number of alkyl carbamates (subject to hydrolysis) is 1. The minimum absolute atomic E-state index is 0.176. The highest BCUT2D eigenvalue weighted by Crippen LogP contribution is 2.48. The van der Waals surface area contributed by atoms with Crippen LogP contribution in [0.15, 0.2) is 0 Å². The summed E-state index contributed by atoms with van der Waals surface area (Å²) in [5, 5.41) is 11.8. The molecule has 16 heavy (non-hydrogen) atoms. The molecule has 94 valence electrons. The third-order valence-electron chi connectivity index (χ3n) is 2.84. The van der Waals surface area contributed by atoms with Crippen LogP contribution < -0.4 is 5.32 Å². The van der Waals surface area contributed by atoms with Crippen molar-refractivity contribution in [2.75, 3.05) is 13.2 Å². The van der Waals surface area contributed by atoms with Gasteiger partial charge in [0.25, 0.3) is 0 Å². The first kappa shape index (κ1) is 13.3. The van der Waals surface area contributed by atoms with Gasteiger partial charge < -0.3 is 15.2 Å². The zero-order valence-corrected chi connectivity index (χ0v) is 10.5. The lowest BCUT2D eigenvalue weighted by molar-refractivity contribution is 0.0525. The molecular formula is C12H23NO3. The van der Waals surface area contributed by atoms with Crippen LogP contribution in [0.1, 0.15) is 46.5 Å². The zero-order chi connectivity index (χ0) is 12.2. The second kappa shape index (κ2) is 5.04. The molecule has 1 aliphatic carbocycles. The van der Waals surface area contributed by atoms with Crippen LogP contribution in [-0.2, 0) is 4.74 Å². The summed E-state index contributed by atoms with van der Waals surface area (Å²) in [6.07, 6.45) is 3.77. The van der Waals surface area contributed by atoms with E-state index >= 15 is 0 Å². The minimum Gasteiger partial charge on any atom is -0.444 e. The lowest BCUT2D eigenvalue weighted by atomic mass is 10.0. The molecule has 0 spiro atoms. The van der Waals surface area contributed by atoms with Gasteiger partial charge >= 0.3 is 6.09 Å². The predicted octanol–water partition coefficient (Wildman–Crippen LogP) is 2.06. The Morgan fingerprint density at radius 3 is 2.50 bits per heavy atom. The van der Waals surface area contributed by atoms with Crippen molar-refractivity contribution in [3.63, 3.8) is 0 Å². The van der Waals surface area contributed by atoms with Gasteiger partial charge in [0.1, 0.15) is 5.60 Å². The highest BCUT2D eigenvalue weighted by Gasteiger charge is 2.40. The van der Waals surface area contributed by atoms with E-state index in [1.54, 1.807) is 0 Å². The topological polar surface area (TPSA) is 58.6 Å². The Hall–Kier alpha value is -0.770. The summed E-state index contributed by atoms with van der Waals surface area (Å²) < 4.78 is 5.11. The van der Waals surface area contributed by atoms with Gasteiger partial charge in [-0.1, -0.05) is 0 Å². The molecule has 0 aromatic heterocycles. The first-order chi connectivity index (χ1) is 7.37. The van der Waals surface area contributed by atoms with Crippen LogP contribution in [0.25, 0.3) is 0 Å².